The van der Waals surface area contributed by atoms with Crippen molar-refractivity contribution in [3.8, 4) is 0 Å². The molecule has 6 heteroatoms. The van der Waals surface area contributed by atoms with Crippen LogP contribution in [0, 0.1) is 102 Å². The van der Waals surface area contributed by atoms with E-state index in [1.807, 2.05) is 0 Å². The highest BCUT2D eigenvalue weighted by molar-refractivity contribution is 7.48. The van der Waals surface area contributed by atoms with Gasteiger partial charge in [0.1, 0.15) is 0 Å². The lowest BCUT2D eigenvalue weighted by atomic mass is 9.62. The van der Waals surface area contributed by atoms with E-state index in [2.05, 4.69) is 166 Å². The molecule has 0 saturated heterocycles. The Labute approximate surface area is 471 Å². The molecule has 0 heterocycles. The monoisotopic (exact) mass is 1080 g/mol. The minimum Gasteiger partial charge on any atom is -0.330 e. The first kappa shape index (κ1) is 64.9. The van der Waals surface area contributed by atoms with Crippen molar-refractivity contribution in [1.82, 2.24) is 0 Å². The summed E-state index contributed by atoms with van der Waals surface area (Å²) in [6, 6.07) is 0. The van der Waals surface area contributed by atoms with Gasteiger partial charge in [-0.25, -0.2) is 0 Å². The van der Waals surface area contributed by atoms with Gasteiger partial charge in [0.15, 0.2) is 16.8 Å². The Kier molecular flexibility index (Phi) is 21.5. The molecule has 0 aromatic heterocycles. The van der Waals surface area contributed by atoms with Crippen molar-refractivity contribution in [2.75, 3.05) is 0 Å². The highest BCUT2D eigenvalue weighted by Crippen LogP contribution is 2.63. The molecule has 0 N–H and O–H groups in total. The first-order valence-corrected chi connectivity index (χ1v) is 34.9. The van der Waals surface area contributed by atoms with Crippen LogP contribution in [0.2, 0.25) is 0 Å². The standard InChI is InChI=1S/C69H130O4P2/c1-62(2,3)48-29-37-58(54(42-48)66(13,14)15)70-74(71-59-38-30-49(63(4,5)6)43-55(59)67(16,17)18)52-33-25-46(26-34-52)41-47-27-35-53(36-28-47)75(72-60-39-31-50(64(7,8)9)44-56(60)68(19,20)21)73-61-40-32-51(65(10,11)12)45-57(61)69(22,23)24/h46-61H,25-45H2,1-24H3. The molecule has 6 rings (SSSR count). The van der Waals surface area contributed by atoms with Crippen LogP contribution in [0.5, 0.6) is 0 Å². The van der Waals surface area contributed by atoms with Gasteiger partial charge in [0.25, 0.3) is 0 Å². The summed E-state index contributed by atoms with van der Waals surface area (Å²) in [5, 5.41) is 0. The van der Waals surface area contributed by atoms with Gasteiger partial charge in [-0.05, 0) is 237 Å². The van der Waals surface area contributed by atoms with Crippen molar-refractivity contribution in [1.29, 1.82) is 0 Å². The fraction of sp³-hybridized carbons (Fsp3) is 1.00. The van der Waals surface area contributed by atoms with Crippen LogP contribution in [-0.4, -0.2) is 35.7 Å². The largest absolute Gasteiger partial charge is 0.330 e. The van der Waals surface area contributed by atoms with Gasteiger partial charge in [0.2, 0.25) is 0 Å². The molecule has 6 saturated carbocycles. The van der Waals surface area contributed by atoms with E-state index in [1.165, 1.54) is 135 Å². The molecule has 0 bridgehead atoms. The molecule has 75 heavy (non-hydrogen) atoms. The lowest BCUT2D eigenvalue weighted by Crippen LogP contribution is -2.43. The molecule has 12 atom stereocenters. The zero-order valence-electron chi connectivity index (χ0n) is 54.6. The maximum absolute atomic E-state index is 7.73. The van der Waals surface area contributed by atoms with Gasteiger partial charge in [-0.2, -0.15) is 0 Å². The molecule has 0 aromatic carbocycles. The van der Waals surface area contributed by atoms with E-state index in [4.69, 9.17) is 18.1 Å². The first-order chi connectivity index (χ1) is 34.2. The van der Waals surface area contributed by atoms with Gasteiger partial charge in [0.05, 0.1) is 24.4 Å². The molecule has 440 valence electrons. The van der Waals surface area contributed by atoms with E-state index in [0.29, 0.717) is 81.1 Å². The number of hydrogen-bond acceptors (Lipinski definition) is 4. The second-order valence-corrected chi connectivity index (χ2v) is 39.6. The van der Waals surface area contributed by atoms with Crippen molar-refractivity contribution >= 4 is 16.8 Å². The Morgan fingerprint density at radius 2 is 0.453 bits per heavy atom. The fourth-order valence-corrected chi connectivity index (χ4v) is 20.8. The zero-order chi connectivity index (χ0) is 56.1. The van der Waals surface area contributed by atoms with Crippen LogP contribution in [0.15, 0.2) is 0 Å². The summed E-state index contributed by atoms with van der Waals surface area (Å²) >= 11 is 0. The Bertz CT molecular complexity index is 1490. The van der Waals surface area contributed by atoms with Crippen LogP contribution in [0.3, 0.4) is 0 Å². The van der Waals surface area contributed by atoms with Gasteiger partial charge in [-0.3, -0.25) is 0 Å². The lowest BCUT2D eigenvalue weighted by Gasteiger charge is -2.50. The van der Waals surface area contributed by atoms with Crippen molar-refractivity contribution in [3.63, 3.8) is 0 Å². The Balaban J connectivity index is 1.15. The van der Waals surface area contributed by atoms with Crippen LogP contribution in [0.1, 0.15) is 301 Å². The summed E-state index contributed by atoms with van der Waals surface area (Å²) in [7, 11) is -1.98. The average molecular weight is 1090 g/mol. The van der Waals surface area contributed by atoms with Crippen LogP contribution in [0.25, 0.3) is 0 Å². The highest BCUT2D eigenvalue weighted by atomic mass is 31.2. The van der Waals surface area contributed by atoms with E-state index in [-0.39, 0.29) is 21.7 Å². The van der Waals surface area contributed by atoms with Crippen LogP contribution < -0.4 is 0 Å². The second kappa shape index (κ2) is 24.9. The molecule has 4 nitrogen and oxygen atoms in total. The molecule has 6 fully saturated rings. The van der Waals surface area contributed by atoms with Crippen molar-refractivity contribution in [2.45, 2.75) is 337 Å². The summed E-state index contributed by atoms with van der Waals surface area (Å²) in [6.45, 7) is 59.6. The van der Waals surface area contributed by atoms with Crippen molar-refractivity contribution in [3.05, 3.63) is 0 Å². The molecule has 6 aliphatic carbocycles. The normalized spacial score (nSPS) is 37.8. The van der Waals surface area contributed by atoms with Crippen LogP contribution in [-0.2, 0) is 18.1 Å². The minimum absolute atomic E-state index is 0.214. The highest BCUT2D eigenvalue weighted by Gasteiger charge is 2.50. The van der Waals surface area contributed by atoms with E-state index in [1.54, 1.807) is 0 Å². The molecule has 0 spiro atoms. The van der Waals surface area contributed by atoms with Gasteiger partial charge < -0.3 is 18.1 Å². The lowest BCUT2D eigenvalue weighted by molar-refractivity contribution is -0.0411. The molecular weight excluding hydrogens is 955 g/mol. The Morgan fingerprint density at radius 3 is 0.627 bits per heavy atom. The van der Waals surface area contributed by atoms with Crippen molar-refractivity contribution in [2.24, 2.45) is 102 Å². The maximum atomic E-state index is 7.73. The molecule has 0 amide bonds. The Hall–Kier alpha value is 0.700. The summed E-state index contributed by atoms with van der Waals surface area (Å²) in [6.07, 6.45) is 28.2. The van der Waals surface area contributed by atoms with Crippen LogP contribution >= 0.6 is 16.8 Å². The SMILES string of the molecule is CC(C)(C)C1CCC(OP(OC2CCC(C(C)(C)C)CC2C(C)(C)C)C2CCC(CC3CCC(P(OC4CCC(C(C)(C)C)CC4C(C)(C)C)OC4CCC(C(C)(C)C)CC4C(C)(C)C)CC3)CC2)C(C(C)(C)C)C1. The number of rotatable bonds is 12. The van der Waals surface area contributed by atoms with Crippen molar-refractivity contribution < 1.29 is 18.1 Å². The summed E-state index contributed by atoms with van der Waals surface area (Å²) in [4.78, 5) is 0. The third kappa shape index (κ3) is 17.9. The third-order valence-electron chi connectivity index (χ3n) is 22.3. The van der Waals surface area contributed by atoms with Gasteiger partial charge in [-0.1, -0.05) is 166 Å². The first-order valence-electron chi connectivity index (χ1n) is 32.4. The molecule has 6 aliphatic rings. The van der Waals surface area contributed by atoms with E-state index in [9.17, 15) is 0 Å². The molecular formula is C69H130O4P2. The van der Waals surface area contributed by atoms with E-state index >= 15 is 0 Å². The van der Waals surface area contributed by atoms with Crippen LogP contribution in [0.4, 0.5) is 0 Å². The van der Waals surface area contributed by atoms with E-state index < -0.39 is 16.8 Å². The predicted molar refractivity (Wildman–Crippen MR) is 328 cm³/mol. The summed E-state index contributed by atoms with van der Waals surface area (Å²) in [5.74, 6) is 6.93. The third-order valence-corrected chi connectivity index (χ3v) is 26.5. The van der Waals surface area contributed by atoms with Gasteiger partial charge in [0, 0.05) is 11.3 Å². The molecule has 0 radical (unpaired) electrons. The number of hydrogen-bond donors (Lipinski definition) is 0. The predicted octanol–water partition coefficient (Wildman–Crippen LogP) is 22.7. The Morgan fingerprint density at radius 1 is 0.253 bits per heavy atom. The van der Waals surface area contributed by atoms with Gasteiger partial charge >= 0.3 is 0 Å². The topological polar surface area (TPSA) is 36.9 Å². The molecule has 0 aromatic rings. The van der Waals surface area contributed by atoms with E-state index in [0.717, 1.165) is 35.5 Å². The molecule has 0 aliphatic heterocycles. The molecule has 12 unspecified atom stereocenters. The summed E-state index contributed by atoms with van der Waals surface area (Å²) < 4.78 is 30.9. The average Bonchev–Trinajstić information content (AvgIpc) is 3.26. The smallest absolute Gasteiger partial charge is 0.174 e. The minimum atomic E-state index is -0.989. The maximum Gasteiger partial charge on any atom is 0.174 e. The summed E-state index contributed by atoms with van der Waals surface area (Å²) in [5.41, 5.74) is 3.32. The fourth-order valence-electron chi connectivity index (χ4n) is 16.4. The quantitative estimate of drug-likeness (QED) is 0.183. The second-order valence-electron chi connectivity index (χ2n) is 36.1. The van der Waals surface area contributed by atoms with Gasteiger partial charge in [-0.15, -0.1) is 0 Å². The zero-order valence-corrected chi connectivity index (χ0v) is 56.4.